The summed E-state index contributed by atoms with van der Waals surface area (Å²) in [5, 5.41) is 3.66. The van der Waals surface area contributed by atoms with Crippen LogP contribution in [0.5, 0.6) is 11.5 Å². The van der Waals surface area contributed by atoms with Gasteiger partial charge in [-0.2, -0.15) is 0 Å². The SMILES string of the molecule is CCc1nc2cc(NCc3cc(Cl)c(OCC(N)=O)c(OC)c3)ccc2o1. The fourth-order valence-corrected chi connectivity index (χ4v) is 2.89. The highest BCUT2D eigenvalue weighted by molar-refractivity contribution is 6.32. The molecule has 1 heterocycles. The molecular weight excluding hydrogens is 370 g/mol. The molecule has 0 fully saturated rings. The minimum absolute atomic E-state index is 0.273. The van der Waals surface area contributed by atoms with Crippen LogP contribution >= 0.6 is 11.6 Å². The Morgan fingerprint density at radius 3 is 2.85 bits per heavy atom. The molecule has 8 heteroatoms. The Morgan fingerprint density at radius 2 is 2.15 bits per heavy atom. The number of ether oxygens (including phenoxy) is 2. The number of hydrogen-bond acceptors (Lipinski definition) is 6. The van der Waals surface area contributed by atoms with Crippen molar-refractivity contribution >= 4 is 34.3 Å². The van der Waals surface area contributed by atoms with Crippen LogP contribution in [0.25, 0.3) is 11.1 Å². The fourth-order valence-electron chi connectivity index (χ4n) is 2.60. The van der Waals surface area contributed by atoms with Gasteiger partial charge in [-0.3, -0.25) is 4.79 Å². The first-order valence-corrected chi connectivity index (χ1v) is 8.78. The number of oxazole rings is 1. The summed E-state index contributed by atoms with van der Waals surface area (Å²) in [6.45, 7) is 2.24. The van der Waals surface area contributed by atoms with Crippen LogP contribution < -0.4 is 20.5 Å². The van der Waals surface area contributed by atoms with Gasteiger partial charge in [0.15, 0.2) is 29.6 Å². The Balaban J connectivity index is 1.75. The van der Waals surface area contributed by atoms with E-state index in [0.29, 0.717) is 23.2 Å². The first-order valence-electron chi connectivity index (χ1n) is 8.41. The number of nitrogens with one attached hydrogen (secondary N) is 1. The van der Waals surface area contributed by atoms with Crippen LogP contribution in [-0.2, 0) is 17.8 Å². The van der Waals surface area contributed by atoms with Gasteiger partial charge in [0, 0.05) is 18.7 Å². The molecule has 0 atom stereocenters. The highest BCUT2D eigenvalue weighted by Crippen LogP contribution is 2.36. The van der Waals surface area contributed by atoms with E-state index in [2.05, 4.69) is 10.3 Å². The summed E-state index contributed by atoms with van der Waals surface area (Å²) in [6, 6.07) is 9.28. The number of aromatic nitrogens is 1. The van der Waals surface area contributed by atoms with Crippen molar-refractivity contribution in [2.75, 3.05) is 19.0 Å². The van der Waals surface area contributed by atoms with Crippen LogP contribution in [-0.4, -0.2) is 24.6 Å². The van der Waals surface area contributed by atoms with E-state index < -0.39 is 5.91 Å². The van der Waals surface area contributed by atoms with E-state index in [9.17, 15) is 4.79 Å². The van der Waals surface area contributed by atoms with E-state index >= 15 is 0 Å². The maximum absolute atomic E-state index is 10.9. The van der Waals surface area contributed by atoms with Crippen LogP contribution in [0.2, 0.25) is 5.02 Å². The summed E-state index contributed by atoms with van der Waals surface area (Å²) in [7, 11) is 1.50. The molecule has 3 N–H and O–H groups in total. The standard InChI is InChI=1S/C19H20ClN3O4/c1-3-18-23-14-8-12(4-5-15(14)27-18)22-9-11-6-13(20)19(16(7-11)25-2)26-10-17(21)24/h4-8,22H,3,9-10H2,1-2H3,(H2,21,24). The minimum atomic E-state index is -0.589. The number of fused-ring (bicyclic) bond motifs is 1. The van der Waals surface area contributed by atoms with Gasteiger partial charge in [0.25, 0.3) is 5.91 Å². The molecule has 0 unspecified atom stereocenters. The van der Waals surface area contributed by atoms with Crippen LogP contribution in [0, 0.1) is 0 Å². The number of aryl methyl sites for hydroxylation is 1. The molecule has 142 valence electrons. The number of methoxy groups -OCH3 is 1. The zero-order chi connectivity index (χ0) is 19.4. The second kappa shape index (κ2) is 8.18. The lowest BCUT2D eigenvalue weighted by Gasteiger charge is -2.14. The Labute approximate surface area is 161 Å². The maximum atomic E-state index is 10.9. The monoisotopic (exact) mass is 389 g/mol. The van der Waals surface area contributed by atoms with Crippen molar-refractivity contribution in [2.24, 2.45) is 5.73 Å². The second-order valence-electron chi connectivity index (χ2n) is 5.86. The Bertz CT molecular complexity index is 971. The van der Waals surface area contributed by atoms with E-state index in [1.165, 1.54) is 7.11 Å². The van der Waals surface area contributed by atoms with E-state index in [0.717, 1.165) is 28.8 Å². The van der Waals surface area contributed by atoms with E-state index in [1.54, 1.807) is 12.1 Å². The fraction of sp³-hybridized carbons (Fsp3) is 0.263. The maximum Gasteiger partial charge on any atom is 0.255 e. The van der Waals surface area contributed by atoms with Gasteiger partial charge in [0.2, 0.25) is 0 Å². The van der Waals surface area contributed by atoms with E-state index in [-0.39, 0.29) is 12.4 Å². The predicted octanol–water partition coefficient (Wildman–Crippen LogP) is 3.53. The van der Waals surface area contributed by atoms with Crippen molar-refractivity contribution in [2.45, 2.75) is 19.9 Å². The first-order chi connectivity index (χ1) is 13.0. The van der Waals surface area contributed by atoms with Gasteiger partial charge in [-0.1, -0.05) is 18.5 Å². The van der Waals surface area contributed by atoms with Gasteiger partial charge in [0.1, 0.15) is 5.52 Å². The normalized spacial score (nSPS) is 10.8. The van der Waals surface area contributed by atoms with Crippen molar-refractivity contribution in [1.82, 2.24) is 4.98 Å². The van der Waals surface area contributed by atoms with Crippen LogP contribution in [0.3, 0.4) is 0 Å². The molecule has 0 spiro atoms. The smallest absolute Gasteiger partial charge is 0.255 e. The van der Waals surface area contributed by atoms with Crippen LogP contribution in [0.1, 0.15) is 18.4 Å². The van der Waals surface area contributed by atoms with Gasteiger partial charge in [0.05, 0.1) is 12.1 Å². The second-order valence-corrected chi connectivity index (χ2v) is 6.27. The number of anilines is 1. The molecule has 0 saturated heterocycles. The molecule has 0 radical (unpaired) electrons. The molecule has 0 saturated carbocycles. The quantitative estimate of drug-likeness (QED) is 0.611. The van der Waals surface area contributed by atoms with E-state index in [1.807, 2.05) is 25.1 Å². The van der Waals surface area contributed by atoms with Gasteiger partial charge >= 0.3 is 0 Å². The lowest BCUT2D eigenvalue weighted by Crippen LogP contribution is -2.20. The Hall–Kier alpha value is -2.93. The molecule has 0 aliphatic rings. The molecule has 1 amide bonds. The number of hydrogen-bond donors (Lipinski definition) is 2. The topological polar surface area (TPSA) is 99.6 Å². The number of rotatable bonds is 8. The average molecular weight is 390 g/mol. The Morgan fingerprint density at radius 1 is 1.33 bits per heavy atom. The van der Waals surface area contributed by atoms with Gasteiger partial charge in [-0.25, -0.2) is 4.98 Å². The van der Waals surface area contributed by atoms with Crippen molar-refractivity contribution in [1.29, 1.82) is 0 Å². The number of nitrogens with zero attached hydrogens (tertiary/aromatic N) is 1. The number of halogens is 1. The van der Waals surface area contributed by atoms with Crippen molar-refractivity contribution in [3.8, 4) is 11.5 Å². The summed E-state index contributed by atoms with van der Waals surface area (Å²) in [5.41, 5.74) is 8.47. The molecule has 1 aromatic heterocycles. The third-order valence-electron chi connectivity index (χ3n) is 3.88. The van der Waals surface area contributed by atoms with Crippen molar-refractivity contribution < 1.29 is 18.7 Å². The third kappa shape index (κ3) is 4.43. The molecule has 0 aliphatic carbocycles. The summed E-state index contributed by atoms with van der Waals surface area (Å²) in [5.74, 6) is 0.844. The number of carbonyl (C=O) groups is 1. The summed E-state index contributed by atoms with van der Waals surface area (Å²) in [4.78, 5) is 15.3. The summed E-state index contributed by atoms with van der Waals surface area (Å²) in [6.07, 6.45) is 0.750. The van der Waals surface area contributed by atoms with Crippen LogP contribution in [0.4, 0.5) is 5.69 Å². The molecular formula is C19H20ClN3O4. The highest BCUT2D eigenvalue weighted by atomic mass is 35.5. The lowest BCUT2D eigenvalue weighted by atomic mass is 10.2. The molecule has 3 aromatic rings. The molecule has 7 nitrogen and oxygen atoms in total. The number of carbonyl (C=O) groups excluding carboxylic acids is 1. The predicted molar refractivity (Wildman–Crippen MR) is 103 cm³/mol. The molecule has 2 aromatic carbocycles. The van der Waals surface area contributed by atoms with Gasteiger partial charge in [-0.05, 0) is 35.9 Å². The summed E-state index contributed by atoms with van der Waals surface area (Å²) >= 11 is 6.27. The zero-order valence-electron chi connectivity index (χ0n) is 15.0. The summed E-state index contributed by atoms with van der Waals surface area (Å²) < 4.78 is 16.3. The van der Waals surface area contributed by atoms with Crippen molar-refractivity contribution in [3.63, 3.8) is 0 Å². The third-order valence-corrected chi connectivity index (χ3v) is 4.16. The lowest BCUT2D eigenvalue weighted by molar-refractivity contribution is -0.119. The largest absolute Gasteiger partial charge is 0.493 e. The molecule has 0 bridgehead atoms. The van der Waals surface area contributed by atoms with Crippen LogP contribution in [0.15, 0.2) is 34.7 Å². The minimum Gasteiger partial charge on any atom is -0.493 e. The van der Waals surface area contributed by atoms with Gasteiger partial charge < -0.3 is 24.9 Å². The van der Waals surface area contributed by atoms with Crippen molar-refractivity contribution in [3.05, 3.63) is 46.8 Å². The molecule has 27 heavy (non-hydrogen) atoms. The number of primary amides is 1. The average Bonchev–Trinajstić information content (AvgIpc) is 3.07. The number of nitrogens with two attached hydrogens (primary N) is 1. The number of benzene rings is 2. The van der Waals surface area contributed by atoms with Gasteiger partial charge in [-0.15, -0.1) is 0 Å². The first kappa shape index (κ1) is 18.8. The molecule has 0 aliphatic heterocycles. The highest BCUT2D eigenvalue weighted by Gasteiger charge is 2.13. The van der Waals surface area contributed by atoms with E-state index in [4.69, 9.17) is 31.2 Å². The number of amides is 1. The molecule has 3 rings (SSSR count). The Kier molecular flexibility index (Phi) is 5.71. The zero-order valence-corrected chi connectivity index (χ0v) is 15.8.